The number of ether oxygens (including phenoxy) is 1. The molecule has 13 heteroatoms. The zero-order valence-electron chi connectivity index (χ0n) is 22.2. The maximum Gasteiger partial charge on any atom is 0.261 e. The van der Waals surface area contributed by atoms with Crippen LogP contribution in [0.1, 0.15) is 34.6 Å². The lowest BCUT2D eigenvalue weighted by molar-refractivity contribution is 0.0388. The summed E-state index contributed by atoms with van der Waals surface area (Å²) in [5, 5.41) is 12.6. The molecule has 0 fully saturated rings. The van der Waals surface area contributed by atoms with Gasteiger partial charge in [0, 0.05) is 50.7 Å². The third kappa shape index (κ3) is 5.95. The molecule has 39 heavy (non-hydrogen) atoms. The van der Waals surface area contributed by atoms with Gasteiger partial charge in [-0.15, -0.1) is 0 Å². The van der Waals surface area contributed by atoms with Crippen LogP contribution in [0.4, 0.5) is 5.69 Å². The van der Waals surface area contributed by atoms with Crippen molar-refractivity contribution in [1.29, 1.82) is 0 Å². The van der Waals surface area contributed by atoms with Gasteiger partial charge in [-0.3, -0.25) is 14.6 Å². The van der Waals surface area contributed by atoms with Crippen LogP contribution in [0.3, 0.4) is 0 Å². The Bertz CT molecular complexity index is 1440. The summed E-state index contributed by atoms with van der Waals surface area (Å²) in [7, 11) is -0.805. The average molecular weight is 557 g/mol. The van der Waals surface area contributed by atoms with Crippen LogP contribution >= 0.6 is 0 Å². The van der Waals surface area contributed by atoms with Gasteiger partial charge in [-0.2, -0.15) is 4.31 Å². The predicted molar refractivity (Wildman–Crippen MR) is 143 cm³/mol. The van der Waals surface area contributed by atoms with Crippen molar-refractivity contribution in [2.45, 2.75) is 31.0 Å². The molecule has 2 aromatic heterocycles. The first-order chi connectivity index (χ1) is 18.5. The molecule has 4 rings (SSSR count). The molecule has 3 aromatic rings. The Labute approximate surface area is 227 Å². The minimum Gasteiger partial charge on any atom is -0.486 e. The molecule has 2 N–H and O–H groups in total. The van der Waals surface area contributed by atoms with E-state index in [-0.39, 0.29) is 53.5 Å². The third-order valence-corrected chi connectivity index (χ3v) is 8.38. The summed E-state index contributed by atoms with van der Waals surface area (Å²) < 4.78 is 35.5. The Morgan fingerprint density at radius 1 is 1.28 bits per heavy atom. The van der Waals surface area contributed by atoms with Gasteiger partial charge in [0.1, 0.15) is 6.10 Å². The number of rotatable bonds is 8. The number of imidazole rings is 1. The number of hydrogen-bond donors (Lipinski definition) is 2. The van der Waals surface area contributed by atoms with Crippen LogP contribution in [-0.2, 0) is 17.1 Å². The normalized spacial score (nSPS) is 18.6. The van der Waals surface area contributed by atoms with Gasteiger partial charge in [-0.1, -0.05) is 13.0 Å². The number of amides is 2. The highest BCUT2D eigenvalue weighted by molar-refractivity contribution is 7.89. The number of sulfonamides is 1. The van der Waals surface area contributed by atoms with Gasteiger partial charge in [0.15, 0.2) is 10.8 Å². The van der Waals surface area contributed by atoms with E-state index in [1.54, 1.807) is 53.8 Å². The van der Waals surface area contributed by atoms with Gasteiger partial charge in [0.25, 0.3) is 21.8 Å². The van der Waals surface area contributed by atoms with Crippen molar-refractivity contribution >= 4 is 27.5 Å². The van der Waals surface area contributed by atoms with Crippen LogP contribution in [0, 0.1) is 5.92 Å². The molecule has 0 radical (unpaired) electrons. The number of fused-ring (bicyclic) bond motifs is 1. The molecular formula is C26H32N6O6S. The summed E-state index contributed by atoms with van der Waals surface area (Å²) in [6, 6.07) is 7.43. The quantitative estimate of drug-likeness (QED) is 0.425. The van der Waals surface area contributed by atoms with Crippen molar-refractivity contribution < 1.29 is 27.9 Å². The Kier molecular flexibility index (Phi) is 8.33. The molecule has 0 saturated carbocycles. The van der Waals surface area contributed by atoms with Crippen LogP contribution in [0.25, 0.3) is 0 Å². The third-order valence-electron chi connectivity index (χ3n) is 6.67. The number of hydrogen-bond acceptors (Lipinski definition) is 8. The molecular weight excluding hydrogens is 524 g/mol. The van der Waals surface area contributed by atoms with Gasteiger partial charge in [0.05, 0.1) is 36.8 Å². The van der Waals surface area contributed by atoms with Crippen LogP contribution in [0.5, 0.6) is 5.75 Å². The van der Waals surface area contributed by atoms with Gasteiger partial charge >= 0.3 is 0 Å². The molecule has 2 amide bonds. The van der Waals surface area contributed by atoms with Crippen LogP contribution in [-0.4, -0.2) is 88.0 Å². The summed E-state index contributed by atoms with van der Waals surface area (Å²) in [5.41, 5.74) is 0.810. The van der Waals surface area contributed by atoms with Crippen molar-refractivity contribution in [1.82, 2.24) is 23.7 Å². The Balaban J connectivity index is 1.73. The second kappa shape index (κ2) is 11.5. The van der Waals surface area contributed by atoms with Crippen molar-refractivity contribution in [3.05, 3.63) is 66.4 Å². The van der Waals surface area contributed by atoms with E-state index >= 15 is 0 Å². The van der Waals surface area contributed by atoms with E-state index in [1.807, 2.05) is 6.92 Å². The maximum absolute atomic E-state index is 13.6. The fourth-order valence-corrected chi connectivity index (χ4v) is 5.43. The van der Waals surface area contributed by atoms with Gasteiger partial charge < -0.3 is 24.6 Å². The number of likely N-dealkylation sites (N-methyl/N-ethyl adjacent to an activating group) is 1. The first-order valence-corrected chi connectivity index (χ1v) is 13.8. The van der Waals surface area contributed by atoms with Crippen LogP contribution < -0.4 is 10.1 Å². The molecule has 1 aromatic carbocycles. The standard InChI is InChI=1S/C26H32N6O6S/c1-17-12-32(18(2)15-33)26(35)20-6-5-7-21(29-25(34)19-8-10-27-11-9-19)24(20)38-22(17)13-31(4)39(36,37)23-14-30(3)16-28-23/h5-11,14,16-18,22,33H,12-13,15H2,1-4H3,(H,29,34)/t17-,18-,22-/m1/s1. The number of aromatic nitrogens is 3. The molecule has 0 saturated heterocycles. The van der Waals surface area contributed by atoms with E-state index in [4.69, 9.17) is 4.74 Å². The molecule has 0 aliphatic carbocycles. The Morgan fingerprint density at radius 2 is 2.00 bits per heavy atom. The lowest BCUT2D eigenvalue weighted by atomic mass is 9.99. The van der Waals surface area contributed by atoms with E-state index in [2.05, 4.69) is 15.3 Å². The van der Waals surface area contributed by atoms with Gasteiger partial charge in [-0.05, 0) is 31.2 Å². The number of pyridine rings is 1. The minimum absolute atomic E-state index is 0.0539. The monoisotopic (exact) mass is 556 g/mol. The second-order valence-corrected chi connectivity index (χ2v) is 11.6. The highest BCUT2D eigenvalue weighted by atomic mass is 32.2. The maximum atomic E-state index is 13.6. The van der Waals surface area contributed by atoms with E-state index in [1.165, 1.54) is 32.0 Å². The van der Waals surface area contributed by atoms with Crippen LogP contribution in [0.2, 0.25) is 0 Å². The average Bonchev–Trinajstić information content (AvgIpc) is 3.38. The van der Waals surface area contributed by atoms with E-state index < -0.39 is 28.1 Å². The van der Waals surface area contributed by atoms with Gasteiger partial charge in [0.2, 0.25) is 0 Å². The summed E-state index contributed by atoms with van der Waals surface area (Å²) in [6.07, 6.45) is 5.10. The molecule has 0 bridgehead atoms. The zero-order chi connectivity index (χ0) is 28.3. The largest absolute Gasteiger partial charge is 0.486 e. The zero-order valence-corrected chi connectivity index (χ0v) is 23.0. The molecule has 0 unspecified atom stereocenters. The molecule has 1 aliphatic heterocycles. The Morgan fingerprint density at radius 3 is 2.64 bits per heavy atom. The topological polar surface area (TPSA) is 147 Å². The van der Waals surface area contributed by atoms with Crippen molar-refractivity contribution in [3.8, 4) is 5.75 Å². The molecule has 1 aliphatic rings. The number of nitrogens with one attached hydrogen (secondary N) is 1. The highest BCUT2D eigenvalue weighted by Crippen LogP contribution is 2.35. The summed E-state index contributed by atoms with van der Waals surface area (Å²) in [6.45, 7) is 3.48. The number of para-hydroxylation sites is 1. The SMILES string of the molecule is C[C@@H]1CN([C@H](C)CO)C(=O)c2cccc(NC(=O)c3ccncc3)c2O[C@@H]1CN(C)S(=O)(=O)c1cn(C)cn1. The number of aliphatic hydroxyl groups is 1. The minimum atomic E-state index is -3.92. The second-order valence-electron chi connectivity index (χ2n) is 9.66. The molecule has 3 atom stereocenters. The fraction of sp³-hybridized carbons (Fsp3) is 0.385. The fourth-order valence-electron chi connectivity index (χ4n) is 4.29. The number of benzene rings is 1. The first kappa shape index (κ1) is 28.2. The van der Waals surface area contributed by atoms with E-state index in [0.717, 1.165) is 4.31 Å². The van der Waals surface area contributed by atoms with E-state index in [0.29, 0.717) is 5.56 Å². The molecule has 12 nitrogen and oxygen atoms in total. The van der Waals surface area contributed by atoms with Crippen molar-refractivity contribution in [2.24, 2.45) is 13.0 Å². The smallest absolute Gasteiger partial charge is 0.261 e. The number of carbonyl (C=O) groups excluding carboxylic acids is 2. The number of carbonyl (C=O) groups is 2. The molecule has 0 spiro atoms. The van der Waals surface area contributed by atoms with Crippen LogP contribution in [0.15, 0.2) is 60.3 Å². The number of anilines is 1. The predicted octanol–water partition coefficient (Wildman–Crippen LogP) is 1.61. The summed E-state index contributed by atoms with van der Waals surface area (Å²) in [5.74, 6) is -1.02. The molecule has 3 heterocycles. The lowest BCUT2D eigenvalue weighted by Gasteiger charge is -2.38. The summed E-state index contributed by atoms with van der Waals surface area (Å²) in [4.78, 5) is 36.0. The molecule has 208 valence electrons. The van der Waals surface area contributed by atoms with E-state index in [9.17, 15) is 23.1 Å². The van der Waals surface area contributed by atoms with Gasteiger partial charge in [-0.25, -0.2) is 13.4 Å². The number of nitrogens with zero attached hydrogens (tertiary/aromatic N) is 5. The lowest BCUT2D eigenvalue weighted by Crippen LogP contribution is -2.50. The van der Waals surface area contributed by atoms with Crippen molar-refractivity contribution in [3.63, 3.8) is 0 Å². The summed E-state index contributed by atoms with van der Waals surface area (Å²) >= 11 is 0. The number of aryl methyl sites for hydroxylation is 1. The number of aliphatic hydroxyl groups excluding tert-OH is 1. The highest BCUT2D eigenvalue weighted by Gasteiger charge is 2.36. The van der Waals surface area contributed by atoms with Crippen molar-refractivity contribution in [2.75, 3.05) is 32.1 Å². The first-order valence-electron chi connectivity index (χ1n) is 12.4. The Hall–Kier alpha value is -3.81.